The molecule has 0 aliphatic carbocycles. The van der Waals surface area contributed by atoms with Crippen molar-refractivity contribution in [3.63, 3.8) is 0 Å². The molecule has 0 bridgehead atoms. The topological polar surface area (TPSA) is 20.2 Å². The molecule has 44 valence electrons. The third-order valence-corrected chi connectivity index (χ3v) is 0.480. The lowest BCUT2D eigenvalue weighted by Gasteiger charge is -2.04. The molecule has 0 fully saturated rings. The minimum absolute atomic E-state index is 0.881. The average Bonchev–Trinajstić information content (AvgIpc) is 1.59. The molecular formula is C7H10O. The van der Waals surface area contributed by atoms with Crippen molar-refractivity contribution in [2.45, 2.75) is 19.4 Å². The highest BCUT2D eigenvalue weighted by atomic mass is 16.3. The van der Waals surface area contributed by atoms with Crippen LogP contribution < -0.4 is 0 Å². The van der Waals surface area contributed by atoms with Crippen molar-refractivity contribution in [1.29, 1.82) is 0 Å². The van der Waals surface area contributed by atoms with Crippen LogP contribution >= 0.6 is 0 Å². The van der Waals surface area contributed by atoms with Crippen LogP contribution in [0.4, 0.5) is 0 Å². The second-order valence-electron chi connectivity index (χ2n) is 2.03. The lowest BCUT2D eigenvalue weighted by atomic mass is 10.1. The summed E-state index contributed by atoms with van der Waals surface area (Å²) in [7, 11) is 0. The third kappa shape index (κ3) is 5.26. The molecule has 1 nitrogen and oxygen atoms in total. The summed E-state index contributed by atoms with van der Waals surface area (Å²) in [4.78, 5) is 0. The van der Waals surface area contributed by atoms with Gasteiger partial charge in [0.25, 0.3) is 0 Å². The van der Waals surface area contributed by atoms with E-state index in [4.69, 9.17) is 5.11 Å². The van der Waals surface area contributed by atoms with Gasteiger partial charge in [0, 0.05) is 0 Å². The van der Waals surface area contributed by atoms with E-state index in [1.165, 1.54) is 6.08 Å². The Bertz CT molecular complexity index is 129. The smallest absolute Gasteiger partial charge is 0.120 e. The predicted octanol–water partition coefficient (Wildman–Crippen LogP) is 0.947. The number of aliphatic hydroxyl groups is 1. The van der Waals surface area contributed by atoms with Gasteiger partial charge in [-0.3, -0.25) is 0 Å². The fourth-order valence-electron chi connectivity index (χ4n) is 0.228. The van der Waals surface area contributed by atoms with Gasteiger partial charge in [0.1, 0.15) is 5.60 Å². The average molecular weight is 110 g/mol. The SMILES string of the molecule is C=CC#CC(C)(C)O. The molecule has 0 aromatic heterocycles. The van der Waals surface area contributed by atoms with E-state index in [1.807, 2.05) is 0 Å². The molecule has 0 aliphatic heterocycles. The van der Waals surface area contributed by atoms with E-state index in [2.05, 4.69) is 18.4 Å². The Morgan fingerprint density at radius 3 is 2.25 bits per heavy atom. The monoisotopic (exact) mass is 110 g/mol. The Hall–Kier alpha value is -0.740. The molecule has 0 saturated carbocycles. The molecule has 0 saturated heterocycles. The van der Waals surface area contributed by atoms with E-state index in [0.717, 1.165) is 0 Å². The Morgan fingerprint density at radius 1 is 1.62 bits per heavy atom. The largest absolute Gasteiger partial charge is 0.378 e. The first-order valence-corrected chi connectivity index (χ1v) is 2.42. The second kappa shape index (κ2) is 2.54. The Balaban J connectivity index is 3.87. The summed E-state index contributed by atoms with van der Waals surface area (Å²) < 4.78 is 0. The van der Waals surface area contributed by atoms with Crippen LogP contribution in [0.15, 0.2) is 12.7 Å². The van der Waals surface area contributed by atoms with E-state index in [-0.39, 0.29) is 0 Å². The second-order valence-corrected chi connectivity index (χ2v) is 2.03. The summed E-state index contributed by atoms with van der Waals surface area (Å²) in [5.41, 5.74) is -0.881. The first kappa shape index (κ1) is 7.26. The number of hydrogen-bond donors (Lipinski definition) is 1. The first-order chi connectivity index (χ1) is 3.56. The van der Waals surface area contributed by atoms with Crippen LogP contribution in [-0.4, -0.2) is 10.7 Å². The van der Waals surface area contributed by atoms with Crippen molar-refractivity contribution in [3.05, 3.63) is 12.7 Å². The van der Waals surface area contributed by atoms with Gasteiger partial charge in [-0.25, -0.2) is 0 Å². The number of hydrogen-bond acceptors (Lipinski definition) is 1. The summed E-state index contributed by atoms with van der Waals surface area (Å²) in [5.74, 6) is 5.11. The molecular weight excluding hydrogens is 100 g/mol. The summed E-state index contributed by atoms with van der Waals surface area (Å²) in [6.45, 7) is 6.64. The number of rotatable bonds is 0. The van der Waals surface area contributed by atoms with Gasteiger partial charge in [-0.15, -0.1) is 0 Å². The van der Waals surface area contributed by atoms with Crippen LogP contribution in [0.3, 0.4) is 0 Å². The lowest BCUT2D eigenvalue weighted by Crippen LogP contribution is -2.14. The van der Waals surface area contributed by atoms with Gasteiger partial charge in [0.15, 0.2) is 0 Å². The highest BCUT2D eigenvalue weighted by molar-refractivity contribution is 5.18. The first-order valence-electron chi connectivity index (χ1n) is 2.42. The zero-order chi connectivity index (χ0) is 6.62. The van der Waals surface area contributed by atoms with Gasteiger partial charge in [-0.1, -0.05) is 18.4 Å². The van der Waals surface area contributed by atoms with Crippen LogP contribution in [0, 0.1) is 11.8 Å². The maximum atomic E-state index is 8.93. The molecule has 1 N–H and O–H groups in total. The van der Waals surface area contributed by atoms with Gasteiger partial charge >= 0.3 is 0 Å². The summed E-state index contributed by atoms with van der Waals surface area (Å²) in [5, 5.41) is 8.93. The van der Waals surface area contributed by atoms with Crippen LogP contribution in [0.25, 0.3) is 0 Å². The van der Waals surface area contributed by atoms with Gasteiger partial charge < -0.3 is 5.11 Å². The van der Waals surface area contributed by atoms with E-state index in [9.17, 15) is 0 Å². The van der Waals surface area contributed by atoms with Crippen LogP contribution in [0.5, 0.6) is 0 Å². The number of allylic oxidation sites excluding steroid dienone is 1. The minimum atomic E-state index is -0.881. The van der Waals surface area contributed by atoms with E-state index < -0.39 is 5.60 Å². The zero-order valence-electron chi connectivity index (χ0n) is 5.23. The molecule has 0 heterocycles. The predicted molar refractivity (Wildman–Crippen MR) is 34.3 cm³/mol. The molecule has 0 aromatic rings. The Kier molecular flexibility index (Phi) is 2.30. The molecule has 0 unspecified atom stereocenters. The summed E-state index contributed by atoms with van der Waals surface area (Å²) in [6.07, 6.45) is 1.46. The molecule has 0 aromatic carbocycles. The highest BCUT2D eigenvalue weighted by Crippen LogP contribution is 1.95. The Labute approximate surface area is 50.0 Å². The molecule has 0 rings (SSSR count). The fourth-order valence-corrected chi connectivity index (χ4v) is 0.228. The lowest BCUT2D eigenvalue weighted by molar-refractivity contribution is 0.143. The molecule has 0 aliphatic rings. The maximum Gasteiger partial charge on any atom is 0.120 e. The minimum Gasteiger partial charge on any atom is -0.378 e. The molecule has 0 spiro atoms. The Morgan fingerprint density at radius 2 is 2.12 bits per heavy atom. The molecule has 8 heavy (non-hydrogen) atoms. The zero-order valence-corrected chi connectivity index (χ0v) is 5.23. The van der Waals surface area contributed by atoms with Crippen molar-refractivity contribution in [2.24, 2.45) is 0 Å². The normalized spacial score (nSPS) is 9.38. The van der Waals surface area contributed by atoms with Crippen molar-refractivity contribution in [2.75, 3.05) is 0 Å². The van der Waals surface area contributed by atoms with E-state index in [1.54, 1.807) is 13.8 Å². The molecule has 0 atom stereocenters. The summed E-state index contributed by atoms with van der Waals surface area (Å²) in [6, 6.07) is 0. The van der Waals surface area contributed by atoms with E-state index in [0.29, 0.717) is 0 Å². The van der Waals surface area contributed by atoms with Crippen molar-refractivity contribution in [1.82, 2.24) is 0 Å². The van der Waals surface area contributed by atoms with Crippen LogP contribution in [-0.2, 0) is 0 Å². The van der Waals surface area contributed by atoms with Gasteiger partial charge in [0.2, 0.25) is 0 Å². The van der Waals surface area contributed by atoms with Gasteiger partial charge in [-0.05, 0) is 19.9 Å². The van der Waals surface area contributed by atoms with Crippen molar-refractivity contribution >= 4 is 0 Å². The standard InChI is InChI=1S/C7H10O/c1-4-5-6-7(2,3)8/h4,8H,1H2,2-3H3. The van der Waals surface area contributed by atoms with E-state index >= 15 is 0 Å². The highest BCUT2D eigenvalue weighted by Gasteiger charge is 2.04. The molecule has 0 radical (unpaired) electrons. The quantitative estimate of drug-likeness (QED) is 0.460. The molecule has 0 amide bonds. The van der Waals surface area contributed by atoms with Crippen molar-refractivity contribution in [3.8, 4) is 11.8 Å². The van der Waals surface area contributed by atoms with Gasteiger partial charge in [0.05, 0.1) is 0 Å². The summed E-state index contributed by atoms with van der Waals surface area (Å²) >= 11 is 0. The molecule has 1 heteroatoms. The fraction of sp³-hybridized carbons (Fsp3) is 0.429. The van der Waals surface area contributed by atoms with Crippen LogP contribution in [0.2, 0.25) is 0 Å². The van der Waals surface area contributed by atoms with Crippen LogP contribution in [0.1, 0.15) is 13.8 Å². The van der Waals surface area contributed by atoms with Gasteiger partial charge in [-0.2, -0.15) is 0 Å². The maximum absolute atomic E-state index is 8.93. The van der Waals surface area contributed by atoms with Crippen molar-refractivity contribution < 1.29 is 5.11 Å². The third-order valence-electron chi connectivity index (χ3n) is 0.480.